The predicted octanol–water partition coefficient (Wildman–Crippen LogP) is 11.8. The van der Waals surface area contributed by atoms with Gasteiger partial charge in [0.1, 0.15) is 19.8 Å². The predicted molar refractivity (Wildman–Crippen MR) is 231 cm³/mol. The summed E-state index contributed by atoms with van der Waals surface area (Å²) < 4.78 is 33.9. The van der Waals surface area contributed by atoms with Crippen LogP contribution in [0.3, 0.4) is 0 Å². The fourth-order valence-electron chi connectivity index (χ4n) is 5.58. The molecular weight excluding hydrogens is 725 g/mol. The number of carbonyl (C=O) groups is 2. The Balaban J connectivity index is 4.43. The van der Waals surface area contributed by atoms with Crippen LogP contribution in [0.25, 0.3) is 0 Å². The summed E-state index contributed by atoms with van der Waals surface area (Å²) in [6.45, 7) is 4.06. The van der Waals surface area contributed by atoms with Gasteiger partial charge in [-0.25, -0.2) is 0 Å². The van der Waals surface area contributed by atoms with E-state index in [0.717, 1.165) is 83.5 Å². The van der Waals surface area contributed by atoms with E-state index >= 15 is 0 Å². The second-order valence-electron chi connectivity index (χ2n) is 15.7. The molecule has 0 aromatic rings. The second kappa shape index (κ2) is 38.2. The first-order chi connectivity index (χ1) is 27.0. The molecule has 0 amide bonds. The van der Waals surface area contributed by atoms with Crippen molar-refractivity contribution in [1.82, 2.24) is 0 Å². The van der Waals surface area contributed by atoms with Crippen LogP contribution in [0.2, 0.25) is 0 Å². The SMILES string of the molecule is CC/C=C\C/C=C\C/C=C\C/C=C\CCCCCCC(=O)OC(COC(=O)CCCCCCC/C=C\CCCCCCCC)COP(=O)([O-])OCC[N+](C)(C)C. The molecule has 0 aliphatic rings. The average Bonchev–Trinajstić information content (AvgIpc) is 3.15. The molecule has 2 atom stereocenters. The van der Waals surface area contributed by atoms with Crippen LogP contribution in [0.15, 0.2) is 60.8 Å². The van der Waals surface area contributed by atoms with E-state index in [2.05, 4.69) is 74.6 Å². The van der Waals surface area contributed by atoms with Crippen LogP contribution < -0.4 is 4.89 Å². The number of phosphoric acid groups is 1. The Bertz CT molecular complexity index is 1140. The van der Waals surface area contributed by atoms with Crippen LogP contribution in [0.1, 0.15) is 168 Å². The molecule has 0 saturated heterocycles. The molecule has 56 heavy (non-hydrogen) atoms. The normalized spacial score (nSPS) is 14.2. The molecule has 324 valence electrons. The van der Waals surface area contributed by atoms with Gasteiger partial charge < -0.3 is 27.9 Å². The Morgan fingerprint density at radius 3 is 1.54 bits per heavy atom. The van der Waals surface area contributed by atoms with Gasteiger partial charge in [-0.3, -0.25) is 14.2 Å². The molecule has 10 heteroatoms. The fourth-order valence-corrected chi connectivity index (χ4v) is 6.31. The lowest BCUT2D eigenvalue weighted by Gasteiger charge is -2.28. The van der Waals surface area contributed by atoms with Gasteiger partial charge in [-0.05, 0) is 77.0 Å². The molecule has 0 aliphatic heterocycles. The summed E-state index contributed by atoms with van der Waals surface area (Å²) in [5, 5.41) is 0. The van der Waals surface area contributed by atoms with E-state index in [4.69, 9.17) is 18.5 Å². The molecule has 0 bridgehead atoms. The summed E-state index contributed by atoms with van der Waals surface area (Å²) in [5.41, 5.74) is 0. The van der Waals surface area contributed by atoms with Gasteiger partial charge in [0, 0.05) is 12.8 Å². The lowest BCUT2D eigenvalue weighted by atomic mass is 10.1. The number of quaternary nitrogens is 1. The van der Waals surface area contributed by atoms with Crippen LogP contribution in [0.5, 0.6) is 0 Å². The molecular formula is C46H82NO8P. The zero-order valence-electron chi connectivity index (χ0n) is 36.3. The number of unbranched alkanes of at least 4 members (excludes halogenated alkanes) is 15. The van der Waals surface area contributed by atoms with E-state index in [9.17, 15) is 19.0 Å². The minimum Gasteiger partial charge on any atom is -0.756 e. The lowest BCUT2D eigenvalue weighted by Crippen LogP contribution is -2.37. The molecule has 0 spiro atoms. The number of allylic oxidation sites excluding steroid dienone is 10. The maximum Gasteiger partial charge on any atom is 0.306 e. The smallest absolute Gasteiger partial charge is 0.306 e. The fraction of sp³-hybridized carbons (Fsp3) is 0.739. The van der Waals surface area contributed by atoms with Crippen molar-refractivity contribution >= 4 is 19.8 Å². The van der Waals surface area contributed by atoms with Gasteiger partial charge in [-0.1, -0.05) is 139 Å². The second-order valence-corrected chi connectivity index (χ2v) is 17.1. The maximum absolute atomic E-state index is 12.7. The van der Waals surface area contributed by atoms with E-state index in [1.807, 2.05) is 21.1 Å². The number of hydrogen-bond donors (Lipinski definition) is 0. The van der Waals surface area contributed by atoms with Crippen LogP contribution in [0.4, 0.5) is 0 Å². The number of esters is 2. The van der Waals surface area contributed by atoms with Crippen LogP contribution in [-0.2, 0) is 32.7 Å². The highest BCUT2D eigenvalue weighted by atomic mass is 31.2. The Kier molecular flexibility index (Phi) is 36.7. The molecule has 0 radical (unpaired) electrons. The molecule has 0 aromatic carbocycles. The van der Waals surface area contributed by atoms with Gasteiger partial charge >= 0.3 is 11.9 Å². The summed E-state index contributed by atoms with van der Waals surface area (Å²) >= 11 is 0. The monoisotopic (exact) mass is 808 g/mol. The third-order valence-corrected chi connectivity index (χ3v) is 9.99. The quantitative estimate of drug-likeness (QED) is 0.0198. The minimum atomic E-state index is -4.64. The largest absolute Gasteiger partial charge is 0.756 e. The third-order valence-electron chi connectivity index (χ3n) is 9.02. The Morgan fingerprint density at radius 2 is 1.02 bits per heavy atom. The molecule has 0 fully saturated rings. The Labute approximate surface area is 343 Å². The van der Waals surface area contributed by atoms with E-state index < -0.39 is 32.5 Å². The highest BCUT2D eigenvalue weighted by molar-refractivity contribution is 7.45. The number of ether oxygens (including phenoxy) is 2. The first-order valence-corrected chi connectivity index (χ1v) is 23.5. The topological polar surface area (TPSA) is 111 Å². The lowest BCUT2D eigenvalue weighted by molar-refractivity contribution is -0.870. The van der Waals surface area contributed by atoms with Crippen molar-refractivity contribution in [3.8, 4) is 0 Å². The number of nitrogens with zero attached hydrogens (tertiary/aromatic N) is 1. The summed E-state index contributed by atoms with van der Waals surface area (Å²) in [5.74, 6) is -0.876. The van der Waals surface area contributed by atoms with Gasteiger partial charge in [0.05, 0.1) is 27.7 Å². The van der Waals surface area contributed by atoms with Crippen LogP contribution in [-0.4, -0.2) is 70.0 Å². The molecule has 0 aromatic heterocycles. The Morgan fingerprint density at radius 1 is 0.571 bits per heavy atom. The zero-order valence-corrected chi connectivity index (χ0v) is 37.2. The molecule has 0 rings (SSSR count). The summed E-state index contributed by atoms with van der Waals surface area (Å²) in [4.78, 5) is 37.5. The number of rotatable bonds is 39. The van der Waals surface area contributed by atoms with Crippen molar-refractivity contribution in [2.45, 2.75) is 174 Å². The maximum atomic E-state index is 12.7. The molecule has 2 unspecified atom stereocenters. The standard InChI is InChI=1S/C46H82NO8P/c1-6-8-10-12-14-16-18-20-22-23-25-27-29-31-33-35-37-39-46(49)55-44(43-54-56(50,51)53-41-40-47(3,4)5)42-52-45(48)38-36-34-32-30-28-26-24-21-19-17-15-13-11-9-7-2/h8,10,14,16,20-22,24-25,27,44H,6-7,9,11-13,15,17-19,23,26,28-43H2,1-5H3/b10-8-,16-14-,22-20-,24-21-,27-25-. The first-order valence-electron chi connectivity index (χ1n) is 22.0. The molecule has 0 aliphatic carbocycles. The van der Waals surface area contributed by atoms with Gasteiger partial charge in [0.2, 0.25) is 0 Å². The zero-order chi connectivity index (χ0) is 41.4. The number of phosphoric ester groups is 1. The van der Waals surface area contributed by atoms with Crippen molar-refractivity contribution in [3.63, 3.8) is 0 Å². The van der Waals surface area contributed by atoms with Crippen molar-refractivity contribution in [1.29, 1.82) is 0 Å². The van der Waals surface area contributed by atoms with Gasteiger partial charge in [0.25, 0.3) is 7.82 Å². The van der Waals surface area contributed by atoms with E-state index in [-0.39, 0.29) is 26.1 Å². The van der Waals surface area contributed by atoms with Gasteiger partial charge in [-0.15, -0.1) is 0 Å². The highest BCUT2D eigenvalue weighted by Gasteiger charge is 2.21. The number of carbonyl (C=O) groups excluding carboxylic acids is 2. The van der Waals surface area contributed by atoms with Crippen LogP contribution in [0, 0.1) is 0 Å². The van der Waals surface area contributed by atoms with E-state index in [1.165, 1.54) is 44.9 Å². The van der Waals surface area contributed by atoms with Crippen molar-refractivity contribution in [2.24, 2.45) is 0 Å². The van der Waals surface area contributed by atoms with Crippen molar-refractivity contribution in [3.05, 3.63) is 60.8 Å². The number of hydrogen-bond acceptors (Lipinski definition) is 8. The summed E-state index contributed by atoms with van der Waals surface area (Å²) in [6, 6.07) is 0. The van der Waals surface area contributed by atoms with E-state index in [1.54, 1.807) is 0 Å². The van der Waals surface area contributed by atoms with Crippen LogP contribution >= 0.6 is 7.82 Å². The van der Waals surface area contributed by atoms with E-state index in [0.29, 0.717) is 23.9 Å². The minimum absolute atomic E-state index is 0.0397. The molecule has 9 nitrogen and oxygen atoms in total. The first kappa shape index (κ1) is 53.7. The van der Waals surface area contributed by atoms with Crippen molar-refractivity contribution < 1.29 is 42.1 Å². The Hall–Kier alpha value is -2.29. The van der Waals surface area contributed by atoms with Gasteiger partial charge in [0.15, 0.2) is 6.10 Å². The number of likely N-dealkylation sites (N-methyl/N-ethyl adjacent to an activating group) is 1. The average molecular weight is 808 g/mol. The molecule has 0 saturated carbocycles. The van der Waals surface area contributed by atoms with Gasteiger partial charge in [-0.2, -0.15) is 0 Å². The summed E-state index contributed by atoms with van der Waals surface area (Å²) in [6.07, 6.45) is 45.3. The summed E-state index contributed by atoms with van der Waals surface area (Å²) in [7, 11) is 1.13. The molecule has 0 heterocycles. The highest BCUT2D eigenvalue weighted by Crippen LogP contribution is 2.38. The third kappa shape index (κ3) is 41.3. The molecule has 0 N–H and O–H groups in total. The van der Waals surface area contributed by atoms with Crippen molar-refractivity contribution in [2.75, 3.05) is 47.5 Å².